The van der Waals surface area contributed by atoms with Crippen molar-refractivity contribution in [3.8, 4) is 11.4 Å². The highest BCUT2D eigenvalue weighted by molar-refractivity contribution is 5.90. The lowest BCUT2D eigenvalue weighted by atomic mass is 10.2. The molecule has 0 aliphatic rings. The van der Waals surface area contributed by atoms with E-state index in [0.717, 1.165) is 28.0 Å². The van der Waals surface area contributed by atoms with Crippen molar-refractivity contribution >= 4 is 22.5 Å². The van der Waals surface area contributed by atoms with Crippen molar-refractivity contribution < 1.29 is 9.53 Å². The molecule has 0 aliphatic heterocycles. The molecule has 1 N–H and O–H groups in total. The summed E-state index contributed by atoms with van der Waals surface area (Å²) in [6.07, 6.45) is 7.45. The van der Waals surface area contributed by atoms with Gasteiger partial charge < -0.3 is 14.6 Å². The van der Waals surface area contributed by atoms with E-state index in [0.29, 0.717) is 13.0 Å². The Hall–Kier alpha value is -3.61. The zero-order valence-corrected chi connectivity index (χ0v) is 14.9. The Kier molecular flexibility index (Phi) is 4.57. The summed E-state index contributed by atoms with van der Waals surface area (Å²) in [5.74, 6) is 0.737. The van der Waals surface area contributed by atoms with Gasteiger partial charge in [0.2, 0.25) is 5.91 Å². The Morgan fingerprint density at radius 3 is 2.78 bits per heavy atom. The minimum atomic E-state index is -0.0532. The van der Waals surface area contributed by atoms with Crippen molar-refractivity contribution in [1.29, 1.82) is 0 Å². The molecule has 2 aromatic carbocycles. The molecular formula is C20H19N5O2. The standard InChI is InChI=1S/C20H19N5O2/c1-27-18-6-7-19-15(12-18)13-22-25(19)10-8-20(26)23-16-2-4-17(5-3-16)24-11-9-21-14-24/h2-7,9,11-14H,8,10H2,1H3,(H,23,26). The van der Waals surface area contributed by atoms with Gasteiger partial charge in [-0.05, 0) is 42.5 Å². The fourth-order valence-corrected chi connectivity index (χ4v) is 2.93. The van der Waals surface area contributed by atoms with Crippen LogP contribution in [0.4, 0.5) is 5.69 Å². The minimum Gasteiger partial charge on any atom is -0.497 e. The monoisotopic (exact) mass is 361 g/mol. The number of rotatable bonds is 6. The zero-order chi connectivity index (χ0) is 18.6. The lowest BCUT2D eigenvalue weighted by molar-refractivity contribution is -0.116. The first-order chi connectivity index (χ1) is 13.2. The molecule has 7 heteroatoms. The molecule has 0 saturated heterocycles. The van der Waals surface area contributed by atoms with E-state index in [9.17, 15) is 4.79 Å². The Balaban J connectivity index is 1.37. The number of nitrogens with zero attached hydrogens (tertiary/aromatic N) is 4. The van der Waals surface area contributed by atoms with Crippen molar-refractivity contribution in [3.05, 3.63) is 67.4 Å². The summed E-state index contributed by atoms with van der Waals surface area (Å²) < 4.78 is 8.96. The van der Waals surface area contributed by atoms with Gasteiger partial charge in [0.1, 0.15) is 5.75 Å². The quantitative estimate of drug-likeness (QED) is 0.572. The first-order valence-corrected chi connectivity index (χ1v) is 8.61. The molecule has 0 fully saturated rings. The van der Waals surface area contributed by atoms with E-state index in [-0.39, 0.29) is 5.91 Å². The van der Waals surface area contributed by atoms with Crippen LogP contribution in [0.1, 0.15) is 6.42 Å². The summed E-state index contributed by atoms with van der Waals surface area (Å²) in [6.45, 7) is 0.509. The van der Waals surface area contributed by atoms with E-state index in [1.54, 1.807) is 25.8 Å². The third-order valence-electron chi connectivity index (χ3n) is 4.35. The predicted octanol–water partition coefficient (Wildman–Crippen LogP) is 3.26. The number of hydrogen-bond acceptors (Lipinski definition) is 4. The van der Waals surface area contributed by atoms with Gasteiger partial charge in [-0.25, -0.2) is 4.98 Å². The number of benzene rings is 2. The van der Waals surface area contributed by atoms with Gasteiger partial charge in [-0.3, -0.25) is 9.48 Å². The number of hydrogen-bond donors (Lipinski definition) is 1. The van der Waals surface area contributed by atoms with Crippen LogP contribution in [0, 0.1) is 0 Å². The van der Waals surface area contributed by atoms with E-state index in [4.69, 9.17) is 4.74 Å². The maximum atomic E-state index is 12.3. The minimum absolute atomic E-state index is 0.0532. The fraction of sp³-hybridized carbons (Fsp3) is 0.150. The van der Waals surface area contributed by atoms with Crippen LogP contribution in [0.2, 0.25) is 0 Å². The average Bonchev–Trinajstić information content (AvgIpc) is 3.36. The number of aromatic nitrogens is 4. The van der Waals surface area contributed by atoms with Gasteiger partial charge in [0.05, 0.1) is 31.7 Å². The van der Waals surface area contributed by atoms with E-state index in [1.165, 1.54) is 0 Å². The number of carbonyl (C=O) groups excluding carboxylic acids is 1. The third-order valence-corrected chi connectivity index (χ3v) is 4.35. The van der Waals surface area contributed by atoms with Gasteiger partial charge >= 0.3 is 0 Å². The van der Waals surface area contributed by atoms with Crippen LogP contribution >= 0.6 is 0 Å². The summed E-state index contributed by atoms with van der Waals surface area (Å²) >= 11 is 0. The number of ether oxygens (including phenoxy) is 1. The largest absolute Gasteiger partial charge is 0.497 e. The highest BCUT2D eigenvalue weighted by Gasteiger charge is 2.07. The van der Waals surface area contributed by atoms with Crippen LogP contribution in [0.5, 0.6) is 5.75 Å². The van der Waals surface area contributed by atoms with Gasteiger partial charge in [0, 0.05) is 35.6 Å². The van der Waals surface area contributed by atoms with E-state index < -0.39 is 0 Å². The van der Waals surface area contributed by atoms with Crippen LogP contribution in [0.3, 0.4) is 0 Å². The van der Waals surface area contributed by atoms with Crippen molar-refractivity contribution in [3.63, 3.8) is 0 Å². The molecular weight excluding hydrogens is 342 g/mol. The number of nitrogens with one attached hydrogen (secondary N) is 1. The smallest absolute Gasteiger partial charge is 0.226 e. The number of fused-ring (bicyclic) bond motifs is 1. The molecule has 2 aromatic heterocycles. The molecule has 1 amide bonds. The fourth-order valence-electron chi connectivity index (χ4n) is 2.93. The maximum absolute atomic E-state index is 12.3. The third kappa shape index (κ3) is 3.67. The van der Waals surface area contributed by atoms with Crippen LogP contribution in [0.25, 0.3) is 16.6 Å². The SMILES string of the molecule is COc1ccc2c(cnn2CCC(=O)Nc2ccc(-n3ccnc3)cc2)c1. The lowest BCUT2D eigenvalue weighted by Gasteiger charge is -2.08. The number of methoxy groups -OCH3 is 1. The molecule has 4 rings (SSSR count). The molecule has 0 bridgehead atoms. The van der Waals surface area contributed by atoms with Crippen LogP contribution in [-0.4, -0.2) is 32.3 Å². The number of amides is 1. The summed E-state index contributed by atoms with van der Waals surface area (Å²) in [7, 11) is 1.64. The van der Waals surface area contributed by atoms with Gasteiger partial charge in [-0.15, -0.1) is 0 Å². The normalized spacial score (nSPS) is 10.9. The van der Waals surface area contributed by atoms with Crippen molar-refractivity contribution in [2.75, 3.05) is 12.4 Å². The van der Waals surface area contributed by atoms with Crippen LogP contribution in [0.15, 0.2) is 67.4 Å². The van der Waals surface area contributed by atoms with E-state index in [1.807, 2.05) is 57.9 Å². The second-order valence-electron chi connectivity index (χ2n) is 6.11. The number of anilines is 1. The predicted molar refractivity (Wildman–Crippen MR) is 103 cm³/mol. The molecule has 0 radical (unpaired) electrons. The van der Waals surface area contributed by atoms with Gasteiger partial charge in [-0.2, -0.15) is 5.10 Å². The summed E-state index contributed by atoms with van der Waals surface area (Å²) in [4.78, 5) is 16.3. The van der Waals surface area contributed by atoms with Gasteiger partial charge in [0.15, 0.2) is 0 Å². The van der Waals surface area contributed by atoms with E-state index in [2.05, 4.69) is 15.4 Å². The highest BCUT2D eigenvalue weighted by Crippen LogP contribution is 2.20. The van der Waals surface area contributed by atoms with Gasteiger partial charge in [0.25, 0.3) is 0 Å². The molecule has 0 aliphatic carbocycles. The molecule has 4 aromatic rings. The van der Waals surface area contributed by atoms with Crippen molar-refractivity contribution in [2.24, 2.45) is 0 Å². The second kappa shape index (κ2) is 7.33. The first-order valence-electron chi connectivity index (χ1n) is 8.61. The molecule has 2 heterocycles. The molecule has 0 atom stereocenters. The highest BCUT2D eigenvalue weighted by atomic mass is 16.5. The number of carbonyl (C=O) groups is 1. The zero-order valence-electron chi connectivity index (χ0n) is 14.9. The number of imidazole rings is 1. The summed E-state index contributed by atoms with van der Waals surface area (Å²) in [5, 5.41) is 8.27. The molecule has 136 valence electrons. The number of aryl methyl sites for hydroxylation is 1. The topological polar surface area (TPSA) is 74.0 Å². The van der Waals surface area contributed by atoms with Gasteiger partial charge in [-0.1, -0.05) is 0 Å². The first kappa shape index (κ1) is 16.8. The Morgan fingerprint density at radius 1 is 1.19 bits per heavy atom. The molecule has 0 unspecified atom stereocenters. The summed E-state index contributed by atoms with van der Waals surface area (Å²) in [6, 6.07) is 13.4. The van der Waals surface area contributed by atoms with E-state index >= 15 is 0 Å². The molecule has 7 nitrogen and oxygen atoms in total. The summed E-state index contributed by atoms with van der Waals surface area (Å²) in [5.41, 5.74) is 2.73. The Labute approximate surface area is 156 Å². The Morgan fingerprint density at radius 2 is 2.04 bits per heavy atom. The second-order valence-corrected chi connectivity index (χ2v) is 6.11. The van der Waals surface area contributed by atoms with Crippen LogP contribution < -0.4 is 10.1 Å². The van der Waals surface area contributed by atoms with Crippen LogP contribution in [-0.2, 0) is 11.3 Å². The lowest BCUT2D eigenvalue weighted by Crippen LogP contribution is -2.15. The maximum Gasteiger partial charge on any atom is 0.226 e. The average molecular weight is 361 g/mol. The Bertz CT molecular complexity index is 1050. The van der Waals surface area contributed by atoms with Crippen molar-refractivity contribution in [2.45, 2.75) is 13.0 Å². The molecule has 27 heavy (non-hydrogen) atoms. The van der Waals surface area contributed by atoms with Crippen molar-refractivity contribution in [1.82, 2.24) is 19.3 Å². The molecule has 0 saturated carbocycles. The molecule has 0 spiro atoms.